The highest BCUT2D eigenvalue weighted by Crippen LogP contribution is 2.24. The lowest BCUT2D eigenvalue weighted by Gasteiger charge is -2.10. The van der Waals surface area contributed by atoms with Crippen molar-refractivity contribution in [1.82, 2.24) is 9.88 Å². The third-order valence-electron chi connectivity index (χ3n) is 4.73. The van der Waals surface area contributed by atoms with E-state index in [2.05, 4.69) is 9.88 Å². The maximum atomic E-state index is 12.4. The van der Waals surface area contributed by atoms with Gasteiger partial charge in [0.15, 0.2) is 0 Å². The maximum Gasteiger partial charge on any atom is 0.262 e. The number of hydrogen-bond donors (Lipinski definition) is 1. The van der Waals surface area contributed by atoms with Crippen LogP contribution in [0.3, 0.4) is 0 Å². The van der Waals surface area contributed by atoms with Crippen LogP contribution in [0, 0.1) is 25.2 Å². The summed E-state index contributed by atoms with van der Waals surface area (Å²) in [5, 5.41) is 12.9. The minimum absolute atomic E-state index is 0.0452. The van der Waals surface area contributed by atoms with Gasteiger partial charge in [0.25, 0.3) is 5.91 Å². The Morgan fingerprint density at radius 2 is 2.15 bits per heavy atom. The smallest absolute Gasteiger partial charge is 0.262 e. The Labute approximate surface area is 164 Å². The molecule has 0 radical (unpaired) electrons. The molecule has 3 rings (SSSR count). The maximum absolute atomic E-state index is 12.4. The highest BCUT2D eigenvalue weighted by atomic mass is 35.5. The van der Waals surface area contributed by atoms with E-state index in [9.17, 15) is 10.1 Å². The minimum Gasteiger partial charge on any atom is -0.376 e. The Morgan fingerprint density at radius 1 is 1.41 bits per heavy atom. The molecule has 1 saturated heterocycles. The fraction of sp³-hybridized carbons (Fsp3) is 0.333. The second kappa shape index (κ2) is 8.43. The molecule has 1 aromatic heterocycles. The number of nitriles is 1. The third kappa shape index (κ3) is 4.41. The van der Waals surface area contributed by atoms with Crippen molar-refractivity contribution >= 4 is 23.6 Å². The predicted molar refractivity (Wildman–Crippen MR) is 106 cm³/mol. The summed E-state index contributed by atoms with van der Waals surface area (Å²) in [6.45, 7) is 5.12. The summed E-state index contributed by atoms with van der Waals surface area (Å²) in [5.74, 6) is -0.371. The number of carbonyl (C=O) groups is 1. The second-order valence-electron chi connectivity index (χ2n) is 6.65. The Bertz CT molecular complexity index is 901. The summed E-state index contributed by atoms with van der Waals surface area (Å²) in [5.41, 5.74) is 3.87. The number of hydrogen-bond acceptors (Lipinski definition) is 3. The van der Waals surface area contributed by atoms with Crippen LogP contribution < -0.4 is 5.32 Å². The summed E-state index contributed by atoms with van der Waals surface area (Å²) in [7, 11) is 0. The molecular formula is C21H22ClN3O2. The quantitative estimate of drug-likeness (QED) is 0.628. The summed E-state index contributed by atoms with van der Waals surface area (Å²) < 4.78 is 7.57. The number of nitrogens with zero attached hydrogens (tertiary/aromatic N) is 2. The molecule has 27 heavy (non-hydrogen) atoms. The first-order valence-corrected chi connectivity index (χ1v) is 9.34. The van der Waals surface area contributed by atoms with Crippen LogP contribution in [0.25, 0.3) is 11.8 Å². The standard InChI is InChI=1S/C21H22ClN3O2/c1-14-10-16(15(2)25(14)19-7-5-18(22)6-8-19)11-17(12-23)21(26)24-13-20-4-3-9-27-20/h5-8,10-11,20H,3-4,9,13H2,1-2H3,(H,24,26)/b17-11+/t20-/m1/s1. The molecule has 2 heterocycles. The Hall–Kier alpha value is -2.55. The first-order valence-electron chi connectivity index (χ1n) is 8.96. The van der Waals surface area contributed by atoms with Crippen LogP contribution >= 0.6 is 11.6 Å². The Kier molecular flexibility index (Phi) is 6.00. The van der Waals surface area contributed by atoms with Crippen molar-refractivity contribution in [3.05, 3.63) is 57.9 Å². The van der Waals surface area contributed by atoms with Crippen LogP contribution in [0.4, 0.5) is 0 Å². The zero-order valence-electron chi connectivity index (χ0n) is 15.5. The Morgan fingerprint density at radius 3 is 2.78 bits per heavy atom. The molecule has 1 amide bonds. The molecule has 1 aliphatic heterocycles. The van der Waals surface area contributed by atoms with Crippen molar-refractivity contribution in [3.8, 4) is 11.8 Å². The van der Waals surface area contributed by atoms with E-state index < -0.39 is 0 Å². The zero-order valence-corrected chi connectivity index (χ0v) is 16.2. The van der Waals surface area contributed by atoms with Crippen molar-refractivity contribution in [2.75, 3.05) is 13.2 Å². The normalized spacial score (nSPS) is 17.0. The highest BCUT2D eigenvalue weighted by Gasteiger charge is 2.18. The molecule has 1 N–H and O–H groups in total. The number of benzene rings is 1. The largest absolute Gasteiger partial charge is 0.376 e. The summed E-state index contributed by atoms with van der Waals surface area (Å²) >= 11 is 5.97. The summed E-state index contributed by atoms with van der Waals surface area (Å²) in [6, 6.07) is 11.5. The van der Waals surface area contributed by atoms with E-state index in [0.29, 0.717) is 11.6 Å². The molecule has 1 aliphatic rings. The van der Waals surface area contributed by atoms with E-state index in [1.54, 1.807) is 6.08 Å². The number of amides is 1. The Balaban J connectivity index is 1.82. The van der Waals surface area contributed by atoms with Gasteiger partial charge in [-0.3, -0.25) is 4.79 Å². The van der Waals surface area contributed by atoms with Gasteiger partial charge in [-0.25, -0.2) is 0 Å². The van der Waals surface area contributed by atoms with E-state index in [1.807, 2.05) is 50.2 Å². The van der Waals surface area contributed by atoms with Gasteiger partial charge in [-0.05, 0) is 68.7 Å². The number of aryl methyl sites for hydroxylation is 1. The van der Waals surface area contributed by atoms with E-state index >= 15 is 0 Å². The monoisotopic (exact) mass is 383 g/mol. The van der Waals surface area contributed by atoms with E-state index in [4.69, 9.17) is 16.3 Å². The van der Waals surface area contributed by atoms with Gasteiger partial charge in [-0.2, -0.15) is 5.26 Å². The molecule has 0 saturated carbocycles. The van der Waals surface area contributed by atoms with Crippen LogP contribution in [0.5, 0.6) is 0 Å². The van der Waals surface area contributed by atoms with Gasteiger partial charge in [-0.1, -0.05) is 11.6 Å². The average Bonchev–Trinajstić information content (AvgIpc) is 3.27. The summed E-state index contributed by atoms with van der Waals surface area (Å²) in [6.07, 6.45) is 3.63. The van der Waals surface area contributed by atoms with Gasteiger partial charge >= 0.3 is 0 Å². The molecule has 5 nitrogen and oxygen atoms in total. The van der Waals surface area contributed by atoms with Gasteiger partial charge in [0.2, 0.25) is 0 Å². The zero-order chi connectivity index (χ0) is 19.4. The van der Waals surface area contributed by atoms with E-state index in [1.165, 1.54) is 0 Å². The molecule has 1 fully saturated rings. The fourth-order valence-corrected chi connectivity index (χ4v) is 3.46. The van der Waals surface area contributed by atoms with Crippen molar-refractivity contribution in [1.29, 1.82) is 5.26 Å². The number of nitrogens with one attached hydrogen (secondary N) is 1. The lowest BCUT2D eigenvalue weighted by Crippen LogP contribution is -2.32. The number of carbonyl (C=O) groups excluding carboxylic acids is 1. The number of halogens is 1. The average molecular weight is 384 g/mol. The minimum atomic E-state index is -0.371. The van der Waals surface area contributed by atoms with Gasteiger partial charge in [0, 0.05) is 35.2 Å². The van der Waals surface area contributed by atoms with Gasteiger partial charge in [-0.15, -0.1) is 0 Å². The van der Waals surface area contributed by atoms with Crippen molar-refractivity contribution in [2.24, 2.45) is 0 Å². The van der Waals surface area contributed by atoms with E-state index in [0.717, 1.165) is 42.1 Å². The lowest BCUT2D eigenvalue weighted by atomic mass is 10.1. The first kappa shape index (κ1) is 19.2. The predicted octanol–water partition coefficient (Wildman–Crippen LogP) is 3.95. The SMILES string of the molecule is Cc1cc(/C=C(\C#N)C(=O)NC[C@H]2CCCO2)c(C)n1-c1ccc(Cl)cc1. The number of rotatable bonds is 5. The third-order valence-corrected chi connectivity index (χ3v) is 4.99. The second-order valence-corrected chi connectivity index (χ2v) is 7.09. The van der Waals surface area contributed by atoms with Crippen LogP contribution in [0.2, 0.25) is 5.02 Å². The number of aromatic nitrogens is 1. The molecule has 0 spiro atoms. The van der Waals surface area contributed by atoms with Crippen LogP contribution in [0.1, 0.15) is 29.8 Å². The van der Waals surface area contributed by atoms with Crippen molar-refractivity contribution < 1.29 is 9.53 Å². The van der Waals surface area contributed by atoms with Crippen LogP contribution in [-0.2, 0) is 9.53 Å². The molecule has 140 valence electrons. The lowest BCUT2D eigenvalue weighted by molar-refractivity contribution is -0.117. The highest BCUT2D eigenvalue weighted by molar-refractivity contribution is 6.30. The number of ether oxygens (including phenoxy) is 1. The van der Waals surface area contributed by atoms with Crippen molar-refractivity contribution in [2.45, 2.75) is 32.8 Å². The topological polar surface area (TPSA) is 67.1 Å². The molecule has 6 heteroatoms. The molecule has 1 aromatic carbocycles. The van der Waals surface area contributed by atoms with Crippen LogP contribution in [-0.4, -0.2) is 29.7 Å². The van der Waals surface area contributed by atoms with E-state index in [-0.39, 0.29) is 17.6 Å². The molecule has 0 bridgehead atoms. The molecule has 0 unspecified atom stereocenters. The molecular weight excluding hydrogens is 362 g/mol. The van der Waals surface area contributed by atoms with Gasteiger partial charge < -0.3 is 14.6 Å². The summed E-state index contributed by atoms with van der Waals surface area (Å²) in [4.78, 5) is 12.4. The molecule has 1 atom stereocenters. The van der Waals surface area contributed by atoms with Crippen LogP contribution in [0.15, 0.2) is 35.9 Å². The van der Waals surface area contributed by atoms with Gasteiger partial charge in [0.05, 0.1) is 6.10 Å². The fourth-order valence-electron chi connectivity index (χ4n) is 3.33. The van der Waals surface area contributed by atoms with Gasteiger partial charge in [0.1, 0.15) is 11.6 Å². The van der Waals surface area contributed by atoms with Crippen molar-refractivity contribution in [3.63, 3.8) is 0 Å². The molecule has 2 aromatic rings. The first-order chi connectivity index (χ1) is 13.0. The molecule has 0 aliphatic carbocycles.